The number of carboxylic acid groups (broad SMARTS) is 1. The molecule has 0 fully saturated rings. The number of halogens is 3. The van der Waals surface area contributed by atoms with E-state index in [9.17, 15) is 47.8 Å². The van der Waals surface area contributed by atoms with Gasteiger partial charge in [0.1, 0.15) is 5.92 Å². The molecule has 2 unspecified atom stereocenters. The SMILES string of the molecule is CC1=C2C(c3ccccc3C(F)(F)F)C([N+](=O)[O-])=C(C)N12.COC(=O)C1=C(C)NC(C)=C(C(=O)OCCCCCCC(=O)O)C1c1cccc([N+](=O)[O-])c1. The number of carboxylic acids is 1. The number of hydrogen-bond acceptors (Lipinski definition) is 11. The molecule has 0 saturated carbocycles. The number of unbranched alkanes of at least 4 members (excludes halogenated alkanes) is 3. The molecular formula is C37H39F3N4O10. The summed E-state index contributed by atoms with van der Waals surface area (Å²) in [7, 11) is 1.22. The Morgan fingerprint density at radius 2 is 1.48 bits per heavy atom. The van der Waals surface area contributed by atoms with Crippen LogP contribution in [0.4, 0.5) is 18.9 Å². The van der Waals surface area contributed by atoms with Gasteiger partial charge < -0.3 is 24.8 Å². The van der Waals surface area contributed by atoms with Crippen molar-refractivity contribution in [2.75, 3.05) is 13.7 Å². The first-order valence-corrected chi connectivity index (χ1v) is 16.8. The molecule has 3 aliphatic heterocycles. The normalized spacial score (nSPS) is 17.7. The number of rotatable bonds is 13. The van der Waals surface area contributed by atoms with E-state index >= 15 is 0 Å². The molecule has 0 aliphatic carbocycles. The van der Waals surface area contributed by atoms with Crippen molar-refractivity contribution >= 4 is 23.6 Å². The number of nitrogens with one attached hydrogen (secondary N) is 1. The summed E-state index contributed by atoms with van der Waals surface area (Å²) < 4.78 is 49.8. The molecule has 3 aliphatic rings. The first-order chi connectivity index (χ1) is 25.4. The molecule has 2 N–H and O–H groups in total. The van der Waals surface area contributed by atoms with Gasteiger partial charge in [0.05, 0.1) is 57.6 Å². The van der Waals surface area contributed by atoms with Gasteiger partial charge in [0, 0.05) is 35.6 Å². The largest absolute Gasteiger partial charge is 0.481 e. The average Bonchev–Trinajstić information content (AvgIpc) is 3.66. The van der Waals surface area contributed by atoms with E-state index in [2.05, 4.69) is 5.32 Å². The number of allylic oxidation sites excluding steroid dienone is 4. The molecule has 0 saturated heterocycles. The molecular weight excluding hydrogens is 717 g/mol. The van der Waals surface area contributed by atoms with E-state index in [0.717, 1.165) is 11.8 Å². The Labute approximate surface area is 307 Å². The second kappa shape index (κ2) is 16.8. The average molecular weight is 757 g/mol. The number of hydrogen-bond donors (Lipinski definition) is 2. The van der Waals surface area contributed by atoms with Gasteiger partial charge in [-0.3, -0.25) is 25.0 Å². The number of ether oxygens (including phenoxy) is 2. The van der Waals surface area contributed by atoms with Gasteiger partial charge in [0.25, 0.3) is 11.4 Å². The lowest BCUT2D eigenvalue weighted by atomic mass is 9.80. The molecule has 0 bridgehead atoms. The first-order valence-electron chi connectivity index (χ1n) is 16.8. The quantitative estimate of drug-likeness (QED) is 0.0890. The maximum atomic E-state index is 13.1. The van der Waals surface area contributed by atoms with E-state index in [0.29, 0.717) is 54.0 Å². The number of carbonyl (C=O) groups excluding carboxylic acids is 2. The highest BCUT2D eigenvalue weighted by molar-refractivity contribution is 5.99. The van der Waals surface area contributed by atoms with Crippen molar-refractivity contribution in [3.63, 3.8) is 0 Å². The fourth-order valence-corrected chi connectivity index (χ4v) is 6.80. The van der Waals surface area contributed by atoms with E-state index in [1.54, 1.807) is 38.7 Å². The van der Waals surface area contributed by atoms with Crippen molar-refractivity contribution in [2.45, 2.75) is 77.8 Å². The summed E-state index contributed by atoms with van der Waals surface area (Å²) in [5.74, 6) is -3.99. The summed E-state index contributed by atoms with van der Waals surface area (Å²) in [5, 5.41) is 34.2. The fraction of sp³-hybridized carbons (Fsp3) is 0.378. The van der Waals surface area contributed by atoms with Crippen LogP contribution >= 0.6 is 0 Å². The Morgan fingerprint density at radius 1 is 0.852 bits per heavy atom. The summed E-state index contributed by atoms with van der Waals surface area (Å²) in [6.07, 6.45) is -1.91. The minimum absolute atomic E-state index is 0.0644. The molecule has 17 heteroatoms. The van der Waals surface area contributed by atoms with Crippen molar-refractivity contribution < 1.29 is 52.0 Å². The van der Waals surface area contributed by atoms with Crippen molar-refractivity contribution in [3.8, 4) is 0 Å². The zero-order valence-electron chi connectivity index (χ0n) is 30.1. The molecule has 0 radical (unpaired) electrons. The van der Waals surface area contributed by atoms with Crippen LogP contribution in [0.1, 0.15) is 88.3 Å². The molecule has 3 heterocycles. The number of esters is 2. The molecule has 2 aromatic carbocycles. The van der Waals surface area contributed by atoms with Crippen LogP contribution in [-0.4, -0.2) is 51.5 Å². The van der Waals surface area contributed by atoms with Crippen molar-refractivity contribution in [3.05, 3.63) is 131 Å². The molecule has 0 aromatic heterocycles. The Kier molecular flexibility index (Phi) is 12.7. The summed E-state index contributed by atoms with van der Waals surface area (Å²) in [6, 6.07) is 10.8. The number of fused-ring (bicyclic) bond motifs is 1. The van der Waals surface area contributed by atoms with Crippen LogP contribution < -0.4 is 5.32 Å². The van der Waals surface area contributed by atoms with E-state index in [1.807, 2.05) is 0 Å². The van der Waals surface area contributed by atoms with E-state index < -0.39 is 51.3 Å². The topological polar surface area (TPSA) is 191 Å². The third kappa shape index (κ3) is 8.78. The Balaban J connectivity index is 0.000000264. The molecule has 54 heavy (non-hydrogen) atoms. The number of alkyl halides is 3. The Morgan fingerprint density at radius 3 is 2.07 bits per heavy atom. The van der Waals surface area contributed by atoms with Crippen LogP contribution in [0.25, 0.3) is 0 Å². The van der Waals surface area contributed by atoms with Crippen LogP contribution in [0.2, 0.25) is 0 Å². The van der Waals surface area contributed by atoms with Crippen molar-refractivity contribution in [1.82, 2.24) is 10.2 Å². The van der Waals surface area contributed by atoms with Crippen molar-refractivity contribution in [1.29, 1.82) is 0 Å². The second-order valence-corrected chi connectivity index (χ2v) is 12.7. The van der Waals surface area contributed by atoms with E-state index in [1.165, 1.54) is 43.5 Å². The zero-order chi connectivity index (χ0) is 40.1. The summed E-state index contributed by atoms with van der Waals surface area (Å²) in [5.41, 5.74) is 2.25. The third-order valence-electron chi connectivity index (χ3n) is 9.24. The lowest BCUT2D eigenvalue weighted by Gasteiger charge is -2.30. The molecule has 288 valence electrons. The van der Waals surface area contributed by atoms with Crippen molar-refractivity contribution in [2.24, 2.45) is 0 Å². The highest BCUT2D eigenvalue weighted by atomic mass is 19.4. The van der Waals surface area contributed by atoms with Crippen LogP contribution in [0.15, 0.2) is 93.9 Å². The van der Waals surface area contributed by atoms with Gasteiger partial charge in [-0.05, 0) is 57.7 Å². The number of nitrogens with zero attached hydrogens (tertiary/aromatic N) is 3. The minimum Gasteiger partial charge on any atom is -0.481 e. The highest BCUT2D eigenvalue weighted by Gasteiger charge is 2.54. The Hall–Kier alpha value is -6.00. The standard InChI is InChI=1S/C23H28N2O8.C14H11F3N2O2/c1-14-19(22(28)32-3)21(16-9-8-10-17(13-16)25(30)31)20(15(2)24-14)23(29)33-12-7-5-4-6-11-18(26)27;1-7-12-11(13(19(20)21)8(2)18(7)12)9-5-3-4-6-10(9)14(15,16)17/h8-10,13,21,24H,4-7,11-12H2,1-3H3,(H,26,27);3-6,11H,1-2H3. The number of nitro groups is 2. The zero-order valence-corrected chi connectivity index (χ0v) is 30.1. The van der Waals surface area contributed by atoms with Crippen LogP contribution in [0.5, 0.6) is 0 Å². The molecule has 14 nitrogen and oxygen atoms in total. The van der Waals surface area contributed by atoms with Gasteiger partial charge in [0.2, 0.25) is 0 Å². The predicted octanol–water partition coefficient (Wildman–Crippen LogP) is 7.44. The number of nitro benzene ring substituents is 1. The minimum atomic E-state index is -4.54. The molecule has 2 atom stereocenters. The third-order valence-corrected chi connectivity index (χ3v) is 9.24. The number of aliphatic carboxylic acids is 1. The first kappa shape index (κ1) is 40.8. The van der Waals surface area contributed by atoms with E-state index in [-0.39, 0.29) is 41.1 Å². The maximum absolute atomic E-state index is 13.1. The van der Waals surface area contributed by atoms with Gasteiger partial charge in [-0.15, -0.1) is 0 Å². The van der Waals surface area contributed by atoms with Gasteiger partial charge in [-0.2, -0.15) is 13.2 Å². The van der Waals surface area contributed by atoms with Gasteiger partial charge in [0.15, 0.2) is 0 Å². The summed E-state index contributed by atoms with van der Waals surface area (Å²) in [6.45, 7) is 6.77. The monoisotopic (exact) mass is 756 g/mol. The number of non-ortho nitro benzene ring substituents is 1. The van der Waals surface area contributed by atoms with Crippen LogP contribution in [-0.2, 0) is 30.0 Å². The highest BCUT2D eigenvalue weighted by Crippen LogP contribution is 2.57. The summed E-state index contributed by atoms with van der Waals surface area (Å²) in [4.78, 5) is 59.3. The molecule has 0 amide bonds. The number of methoxy groups -OCH3 is 1. The lowest BCUT2D eigenvalue weighted by Crippen LogP contribution is -2.32. The van der Waals surface area contributed by atoms with Gasteiger partial charge >= 0.3 is 24.1 Å². The maximum Gasteiger partial charge on any atom is 0.416 e. The van der Waals surface area contributed by atoms with Crippen LogP contribution in [0.3, 0.4) is 0 Å². The molecule has 2 aromatic rings. The smallest absolute Gasteiger partial charge is 0.416 e. The lowest BCUT2D eigenvalue weighted by molar-refractivity contribution is -0.429. The predicted molar refractivity (Wildman–Crippen MR) is 186 cm³/mol. The van der Waals surface area contributed by atoms with Gasteiger partial charge in [-0.25, -0.2) is 9.59 Å². The molecule has 5 rings (SSSR count). The van der Waals surface area contributed by atoms with Crippen LogP contribution in [0, 0.1) is 20.2 Å². The van der Waals surface area contributed by atoms with Gasteiger partial charge in [-0.1, -0.05) is 43.2 Å². The fourth-order valence-electron chi connectivity index (χ4n) is 6.80. The number of carbonyl (C=O) groups is 3. The van der Waals surface area contributed by atoms with E-state index in [4.69, 9.17) is 14.6 Å². The molecule has 0 spiro atoms. The number of dihydropyridines is 1. The Bertz CT molecular complexity index is 2000. The summed E-state index contributed by atoms with van der Waals surface area (Å²) >= 11 is 0. The number of benzene rings is 2. The second-order valence-electron chi connectivity index (χ2n) is 12.7.